The molecule has 2 fully saturated rings. The monoisotopic (exact) mass is 179 g/mol. The Bertz CT molecular complexity index is 234. The molecule has 72 valence electrons. The molecule has 0 amide bonds. The van der Waals surface area contributed by atoms with Crippen molar-refractivity contribution < 1.29 is 0 Å². The fraction of sp³-hybridized carbons (Fsp3) is 0.900. The van der Waals surface area contributed by atoms with Gasteiger partial charge in [-0.15, -0.1) is 0 Å². The molecule has 13 heavy (non-hydrogen) atoms. The number of hydrogen-bond acceptors (Lipinski definition) is 3. The second kappa shape index (κ2) is 2.71. The third-order valence-electron chi connectivity index (χ3n) is 3.56. The molecule has 2 saturated carbocycles. The average molecular weight is 179 g/mol. The summed E-state index contributed by atoms with van der Waals surface area (Å²) in [7, 11) is 0. The zero-order chi connectivity index (χ0) is 8.84. The Morgan fingerprint density at radius 2 is 2.08 bits per heavy atom. The van der Waals surface area contributed by atoms with E-state index in [1.807, 2.05) is 0 Å². The number of nitrogens with two attached hydrogens (primary N) is 1. The summed E-state index contributed by atoms with van der Waals surface area (Å²) in [5.74, 6) is 0. The van der Waals surface area contributed by atoms with Crippen molar-refractivity contribution in [3.63, 3.8) is 0 Å². The quantitative estimate of drug-likeness (QED) is 0.645. The van der Waals surface area contributed by atoms with Crippen molar-refractivity contribution in [2.45, 2.75) is 56.3 Å². The summed E-state index contributed by atoms with van der Waals surface area (Å²) >= 11 is 0. The van der Waals surface area contributed by atoms with Gasteiger partial charge in [0.15, 0.2) is 0 Å². The first-order chi connectivity index (χ1) is 6.34. The summed E-state index contributed by atoms with van der Waals surface area (Å²) in [4.78, 5) is 7.06. The fourth-order valence-corrected chi connectivity index (χ4v) is 2.64. The van der Waals surface area contributed by atoms with Crippen LogP contribution in [0.25, 0.3) is 0 Å². The highest BCUT2D eigenvalue weighted by molar-refractivity contribution is 5.60. The van der Waals surface area contributed by atoms with Crippen LogP contribution in [0.4, 0.5) is 0 Å². The minimum absolute atomic E-state index is 0.421. The molecule has 3 atom stereocenters. The first-order valence-corrected chi connectivity index (χ1v) is 5.41. The van der Waals surface area contributed by atoms with Gasteiger partial charge in [0.25, 0.3) is 0 Å². The molecule has 2 N–H and O–H groups in total. The summed E-state index contributed by atoms with van der Waals surface area (Å²) in [5.41, 5.74) is 5.99. The first kappa shape index (κ1) is 7.80. The minimum atomic E-state index is 0.421. The van der Waals surface area contributed by atoms with Crippen LogP contribution in [0.5, 0.6) is 0 Å². The summed E-state index contributed by atoms with van der Waals surface area (Å²) in [5, 5.41) is 0. The third kappa shape index (κ3) is 1.26. The van der Waals surface area contributed by atoms with Crippen LogP contribution in [0, 0.1) is 0 Å². The average Bonchev–Trinajstić information content (AvgIpc) is 2.87. The van der Waals surface area contributed by atoms with E-state index in [-0.39, 0.29) is 0 Å². The topological polar surface area (TPSA) is 41.6 Å². The number of hydrogen-bond donors (Lipinski definition) is 1. The minimum Gasteiger partial charge on any atom is -0.355 e. The zero-order valence-electron chi connectivity index (χ0n) is 7.89. The number of rotatable bonds is 1. The van der Waals surface area contributed by atoms with Gasteiger partial charge in [-0.2, -0.15) is 0 Å². The van der Waals surface area contributed by atoms with Crippen LogP contribution in [0.15, 0.2) is 4.99 Å². The van der Waals surface area contributed by atoms with E-state index < -0.39 is 0 Å². The molecule has 1 aliphatic heterocycles. The maximum Gasteiger partial charge on any atom is 0.0859 e. The molecule has 3 aliphatic rings. The predicted molar refractivity (Wildman–Crippen MR) is 52.8 cm³/mol. The van der Waals surface area contributed by atoms with Crippen LogP contribution in [0.1, 0.15) is 32.1 Å². The van der Waals surface area contributed by atoms with Crippen LogP contribution >= 0.6 is 0 Å². The second-order valence-corrected chi connectivity index (χ2v) is 4.65. The molecule has 2 aliphatic carbocycles. The van der Waals surface area contributed by atoms with Gasteiger partial charge < -0.3 is 10.6 Å². The van der Waals surface area contributed by atoms with Gasteiger partial charge in [-0.1, -0.05) is 0 Å². The molecule has 0 radical (unpaired) electrons. The van der Waals surface area contributed by atoms with E-state index in [1.165, 1.54) is 19.3 Å². The van der Waals surface area contributed by atoms with Crippen molar-refractivity contribution in [1.29, 1.82) is 0 Å². The summed E-state index contributed by atoms with van der Waals surface area (Å²) in [6, 6.07) is 2.45. The van der Waals surface area contributed by atoms with E-state index >= 15 is 0 Å². The maximum absolute atomic E-state index is 5.99. The molecule has 3 unspecified atom stereocenters. The molecule has 3 rings (SSSR count). The molecule has 0 saturated heterocycles. The standard InChI is InChI=1S/C10H17N3/c11-7-1-4-9-10(5-7)13(6-12-9)8-2-3-8/h6-10H,1-5,11H2. The molecule has 0 bridgehead atoms. The van der Waals surface area contributed by atoms with Crippen molar-refractivity contribution in [3.05, 3.63) is 0 Å². The first-order valence-electron chi connectivity index (χ1n) is 5.41. The fourth-order valence-electron chi connectivity index (χ4n) is 2.64. The lowest BCUT2D eigenvalue weighted by atomic mass is 9.87. The Kier molecular flexibility index (Phi) is 1.62. The van der Waals surface area contributed by atoms with Gasteiger partial charge in [-0.05, 0) is 32.1 Å². The predicted octanol–water partition coefficient (Wildman–Crippen LogP) is 0.741. The van der Waals surface area contributed by atoms with Crippen molar-refractivity contribution in [3.8, 4) is 0 Å². The van der Waals surface area contributed by atoms with Crippen LogP contribution < -0.4 is 5.73 Å². The van der Waals surface area contributed by atoms with Crippen molar-refractivity contribution in [2.24, 2.45) is 10.7 Å². The van der Waals surface area contributed by atoms with Gasteiger partial charge >= 0.3 is 0 Å². The van der Waals surface area contributed by atoms with E-state index in [0.29, 0.717) is 18.1 Å². The molecule has 0 aromatic heterocycles. The SMILES string of the molecule is NC1CCC2N=CN(C3CC3)C2C1. The van der Waals surface area contributed by atoms with E-state index in [1.54, 1.807) is 0 Å². The number of fused-ring (bicyclic) bond motifs is 1. The summed E-state index contributed by atoms with van der Waals surface area (Å²) < 4.78 is 0. The van der Waals surface area contributed by atoms with Crippen molar-refractivity contribution in [1.82, 2.24) is 4.90 Å². The lowest BCUT2D eigenvalue weighted by Gasteiger charge is -2.34. The van der Waals surface area contributed by atoms with Gasteiger partial charge in [0, 0.05) is 12.1 Å². The van der Waals surface area contributed by atoms with Gasteiger partial charge in [0.1, 0.15) is 0 Å². The summed E-state index contributed by atoms with van der Waals surface area (Å²) in [6.45, 7) is 0. The van der Waals surface area contributed by atoms with E-state index in [9.17, 15) is 0 Å². The van der Waals surface area contributed by atoms with Crippen LogP contribution in [0.3, 0.4) is 0 Å². The number of nitrogens with zero attached hydrogens (tertiary/aromatic N) is 2. The smallest absolute Gasteiger partial charge is 0.0859 e. The Labute approximate surface area is 79.0 Å². The van der Waals surface area contributed by atoms with Crippen LogP contribution in [-0.4, -0.2) is 35.4 Å². The molecular formula is C10H17N3. The van der Waals surface area contributed by atoms with Crippen LogP contribution in [0.2, 0.25) is 0 Å². The lowest BCUT2D eigenvalue weighted by molar-refractivity contribution is 0.225. The van der Waals surface area contributed by atoms with Gasteiger partial charge in [-0.25, -0.2) is 0 Å². The highest BCUT2D eigenvalue weighted by atomic mass is 15.3. The van der Waals surface area contributed by atoms with Crippen LogP contribution in [-0.2, 0) is 0 Å². The molecular weight excluding hydrogens is 162 g/mol. The Hall–Kier alpha value is -0.570. The molecule has 3 nitrogen and oxygen atoms in total. The van der Waals surface area contributed by atoms with E-state index in [4.69, 9.17) is 5.73 Å². The largest absolute Gasteiger partial charge is 0.355 e. The Morgan fingerprint density at radius 3 is 2.85 bits per heavy atom. The maximum atomic E-state index is 5.99. The van der Waals surface area contributed by atoms with E-state index in [2.05, 4.69) is 16.2 Å². The van der Waals surface area contributed by atoms with Crippen molar-refractivity contribution in [2.75, 3.05) is 0 Å². The normalized spacial score (nSPS) is 43.8. The molecule has 1 heterocycles. The highest BCUT2D eigenvalue weighted by Gasteiger charge is 2.41. The Morgan fingerprint density at radius 1 is 1.23 bits per heavy atom. The molecule has 0 spiro atoms. The second-order valence-electron chi connectivity index (χ2n) is 4.65. The number of aliphatic imine (C=N–C) groups is 1. The molecule has 0 aromatic carbocycles. The summed E-state index contributed by atoms with van der Waals surface area (Å²) in [6.07, 6.45) is 8.34. The van der Waals surface area contributed by atoms with Crippen molar-refractivity contribution >= 4 is 6.34 Å². The van der Waals surface area contributed by atoms with Gasteiger partial charge in [-0.3, -0.25) is 4.99 Å². The van der Waals surface area contributed by atoms with E-state index in [0.717, 1.165) is 18.9 Å². The zero-order valence-corrected chi connectivity index (χ0v) is 7.89. The Balaban J connectivity index is 1.74. The molecule has 0 aromatic rings. The van der Waals surface area contributed by atoms with Gasteiger partial charge in [0.2, 0.25) is 0 Å². The molecule has 3 heteroatoms. The lowest BCUT2D eigenvalue weighted by Crippen LogP contribution is -2.45. The highest BCUT2D eigenvalue weighted by Crippen LogP contribution is 2.36. The third-order valence-corrected chi connectivity index (χ3v) is 3.56. The van der Waals surface area contributed by atoms with Gasteiger partial charge in [0.05, 0.1) is 18.4 Å².